The van der Waals surface area contributed by atoms with Crippen molar-refractivity contribution in [3.05, 3.63) is 11.7 Å². The molecule has 2 heterocycles. The van der Waals surface area contributed by atoms with Crippen LogP contribution in [0.4, 0.5) is 8.78 Å². The van der Waals surface area contributed by atoms with Crippen molar-refractivity contribution in [2.75, 3.05) is 27.2 Å². The maximum atomic E-state index is 13.5. The lowest BCUT2D eigenvalue weighted by molar-refractivity contribution is -0.144. The molecular formula is C19H29F2N5O3. The Hall–Kier alpha value is -2.10. The molecule has 2 aliphatic rings. The number of carbonyl (C=O) groups is 2. The topological polar surface area (TPSA) is 106 Å². The predicted molar refractivity (Wildman–Crippen MR) is 100 cm³/mol. The lowest BCUT2D eigenvalue weighted by Crippen LogP contribution is -2.54. The Kier molecular flexibility index (Phi) is 6.21. The summed E-state index contributed by atoms with van der Waals surface area (Å²) in [4.78, 5) is 32.5. The maximum absolute atomic E-state index is 13.5. The largest absolute Gasteiger partial charge is 0.349 e. The first-order valence-electron chi connectivity index (χ1n) is 10.0. The molecule has 29 heavy (non-hydrogen) atoms. The van der Waals surface area contributed by atoms with Crippen LogP contribution >= 0.6 is 0 Å². The molecule has 1 saturated heterocycles. The molecule has 0 aromatic carbocycles. The molecule has 2 amide bonds. The number of hydrogen-bond donors (Lipinski definition) is 1. The summed E-state index contributed by atoms with van der Waals surface area (Å²) < 4.78 is 32.3. The smallest absolute Gasteiger partial charge is 0.267 e. The first-order chi connectivity index (χ1) is 13.6. The lowest BCUT2D eigenvalue weighted by Gasteiger charge is -2.36. The van der Waals surface area contributed by atoms with E-state index < -0.39 is 30.3 Å². The molecule has 2 fully saturated rings. The van der Waals surface area contributed by atoms with Crippen molar-refractivity contribution in [1.82, 2.24) is 19.9 Å². The molecule has 162 valence electrons. The van der Waals surface area contributed by atoms with Crippen molar-refractivity contribution in [1.29, 1.82) is 0 Å². The molecule has 0 bridgehead atoms. The van der Waals surface area contributed by atoms with Crippen LogP contribution in [0.5, 0.6) is 0 Å². The molecule has 1 aromatic heterocycles. The van der Waals surface area contributed by atoms with E-state index in [-0.39, 0.29) is 30.7 Å². The Labute approximate surface area is 168 Å². The van der Waals surface area contributed by atoms with Crippen LogP contribution in [0.3, 0.4) is 0 Å². The number of aromatic nitrogens is 2. The fraction of sp³-hybridized carbons (Fsp3) is 0.789. The minimum absolute atomic E-state index is 0.0360. The third kappa shape index (κ3) is 4.73. The van der Waals surface area contributed by atoms with Crippen LogP contribution in [0.25, 0.3) is 0 Å². The molecule has 8 nitrogen and oxygen atoms in total. The number of carbonyl (C=O) groups excluding carboxylic acids is 2. The molecule has 3 rings (SSSR count). The van der Waals surface area contributed by atoms with Gasteiger partial charge in [0.2, 0.25) is 17.7 Å². The van der Waals surface area contributed by atoms with Gasteiger partial charge in [0.05, 0.1) is 18.5 Å². The molecule has 0 spiro atoms. The molecule has 2 N–H and O–H groups in total. The van der Waals surface area contributed by atoms with Gasteiger partial charge in [-0.2, -0.15) is 4.98 Å². The predicted octanol–water partition coefficient (Wildman–Crippen LogP) is 1.55. The van der Waals surface area contributed by atoms with Gasteiger partial charge < -0.3 is 20.1 Å². The van der Waals surface area contributed by atoms with Crippen molar-refractivity contribution >= 4 is 11.8 Å². The SMILES string of the molecule is Cc1noc(C2CCC(C(C(=O)N(C)C)[C@H](N)C(=O)N3CCC(F)(F)C3)CC2)n1. The quantitative estimate of drug-likeness (QED) is 0.785. The number of aryl methyl sites for hydroxylation is 1. The second-order valence-electron chi connectivity index (χ2n) is 8.44. The number of rotatable bonds is 5. The highest BCUT2D eigenvalue weighted by atomic mass is 19.3. The lowest BCUT2D eigenvalue weighted by atomic mass is 9.72. The van der Waals surface area contributed by atoms with Gasteiger partial charge in [0.25, 0.3) is 5.92 Å². The number of alkyl halides is 2. The molecule has 2 atom stereocenters. The van der Waals surface area contributed by atoms with Gasteiger partial charge in [0.1, 0.15) is 0 Å². The van der Waals surface area contributed by atoms with Crippen molar-refractivity contribution < 1.29 is 22.9 Å². The zero-order chi connectivity index (χ0) is 21.3. The first kappa shape index (κ1) is 21.6. The van der Waals surface area contributed by atoms with E-state index in [4.69, 9.17) is 10.3 Å². The van der Waals surface area contributed by atoms with Gasteiger partial charge in [0, 0.05) is 33.0 Å². The van der Waals surface area contributed by atoms with Gasteiger partial charge in [0.15, 0.2) is 5.82 Å². The molecule has 1 aliphatic carbocycles. The van der Waals surface area contributed by atoms with E-state index in [1.54, 1.807) is 21.0 Å². The zero-order valence-electron chi connectivity index (χ0n) is 17.1. The minimum Gasteiger partial charge on any atom is -0.349 e. The summed E-state index contributed by atoms with van der Waals surface area (Å²) in [5, 5.41) is 3.83. The summed E-state index contributed by atoms with van der Waals surface area (Å²) in [6.07, 6.45) is 2.46. The molecular weight excluding hydrogens is 384 g/mol. The second-order valence-corrected chi connectivity index (χ2v) is 8.44. The maximum Gasteiger partial charge on any atom is 0.267 e. The average Bonchev–Trinajstić information content (AvgIpc) is 3.26. The Morgan fingerprint density at radius 3 is 2.41 bits per heavy atom. The number of nitrogens with two attached hydrogens (primary N) is 1. The van der Waals surface area contributed by atoms with Gasteiger partial charge in [-0.1, -0.05) is 5.16 Å². The summed E-state index contributed by atoms with van der Waals surface area (Å²) >= 11 is 0. The van der Waals surface area contributed by atoms with E-state index in [0.29, 0.717) is 24.6 Å². The fourth-order valence-electron chi connectivity index (χ4n) is 4.44. The average molecular weight is 413 g/mol. The molecule has 0 radical (unpaired) electrons. The van der Waals surface area contributed by atoms with Crippen LogP contribution in [0.2, 0.25) is 0 Å². The zero-order valence-corrected chi connectivity index (χ0v) is 17.1. The van der Waals surface area contributed by atoms with Crippen LogP contribution < -0.4 is 5.73 Å². The monoisotopic (exact) mass is 413 g/mol. The van der Waals surface area contributed by atoms with E-state index in [2.05, 4.69) is 10.1 Å². The highest BCUT2D eigenvalue weighted by Gasteiger charge is 2.46. The number of amides is 2. The standard InChI is InChI=1S/C19H29F2N5O3/c1-11-23-16(29-24-11)13-6-4-12(5-7-13)14(17(27)25(2)3)15(22)18(28)26-9-8-19(20,21)10-26/h12-15H,4-10,22H2,1-3H3/t12?,13?,14?,15-/m0/s1. The van der Waals surface area contributed by atoms with Crippen LogP contribution in [0, 0.1) is 18.8 Å². The summed E-state index contributed by atoms with van der Waals surface area (Å²) in [6.45, 7) is 1.09. The van der Waals surface area contributed by atoms with Crippen LogP contribution in [0.15, 0.2) is 4.52 Å². The molecule has 1 unspecified atom stereocenters. The summed E-state index contributed by atoms with van der Waals surface area (Å²) in [5.74, 6) is -3.26. The van der Waals surface area contributed by atoms with Crippen molar-refractivity contribution in [2.24, 2.45) is 17.6 Å². The second kappa shape index (κ2) is 8.33. The molecule has 10 heteroatoms. The highest BCUT2D eigenvalue weighted by Crippen LogP contribution is 2.40. The Morgan fingerprint density at radius 2 is 1.93 bits per heavy atom. The van der Waals surface area contributed by atoms with E-state index >= 15 is 0 Å². The Bertz CT molecular complexity index is 746. The van der Waals surface area contributed by atoms with Gasteiger partial charge in [-0.15, -0.1) is 0 Å². The molecule has 1 saturated carbocycles. The number of halogens is 2. The van der Waals surface area contributed by atoms with Crippen LogP contribution in [-0.4, -0.2) is 70.9 Å². The van der Waals surface area contributed by atoms with E-state index in [1.165, 1.54) is 4.90 Å². The van der Waals surface area contributed by atoms with E-state index in [0.717, 1.165) is 17.7 Å². The van der Waals surface area contributed by atoms with Gasteiger partial charge in [-0.25, -0.2) is 8.78 Å². The van der Waals surface area contributed by atoms with Crippen LogP contribution in [-0.2, 0) is 9.59 Å². The number of hydrogen-bond acceptors (Lipinski definition) is 6. The number of likely N-dealkylation sites (tertiary alicyclic amines) is 1. The highest BCUT2D eigenvalue weighted by molar-refractivity contribution is 5.90. The minimum atomic E-state index is -2.89. The summed E-state index contributed by atoms with van der Waals surface area (Å²) in [7, 11) is 3.23. The Balaban J connectivity index is 1.70. The van der Waals surface area contributed by atoms with Crippen molar-refractivity contribution in [3.8, 4) is 0 Å². The third-order valence-electron chi connectivity index (χ3n) is 6.05. The molecule has 1 aromatic rings. The van der Waals surface area contributed by atoms with Gasteiger partial charge in [-0.05, 0) is 38.5 Å². The van der Waals surface area contributed by atoms with Crippen molar-refractivity contribution in [2.45, 2.75) is 56.9 Å². The van der Waals surface area contributed by atoms with Gasteiger partial charge in [-0.3, -0.25) is 9.59 Å². The Morgan fingerprint density at radius 1 is 1.28 bits per heavy atom. The van der Waals surface area contributed by atoms with E-state index in [1.807, 2.05) is 0 Å². The van der Waals surface area contributed by atoms with Crippen LogP contribution in [0.1, 0.15) is 49.7 Å². The van der Waals surface area contributed by atoms with Crippen molar-refractivity contribution in [3.63, 3.8) is 0 Å². The molecule has 1 aliphatic heterocycles. The van der Waals surface area contributed by atoms with E-state index in [9.17, 15) is 18.4 Å². The number of nitrogens with zero attached hydrogens (tertiary/aromatic N) is 4. The summed E-state index contributed by atoms with van der Waals surface area (Å²) in [5.41, 5.74) is 6.22. The summed E-state index contributed by atoms with van der Waals surface area (Å²) in [6, 6.07) is -1.13. The first-order valence-corrected chi connectivity index (χ1v) is 10.0. The normalized spacial score (nSPS) is 26.2. The fourth-order valence-corrected chi connectivity index (χ4v) is 4.44. The van der Waals surface area contributed by atoms with Gasteiger partial charge >= 0.3 is 0 Å². The third-order valence-corrected chi connectivity index (χ3v) is 6.05.